The zero-order valence-electron chi connectivity index (χ0n) is 14.7. The van der Waals surface area contributed by atoms with Crippen molar-refractivity contribution >= 4 is 11.9 Å². The van der Waals surface area contributed by atoms with Crippen molar-refractivity contribution in [1.29, 1.82) is 0 Å². The van der Waals surface area contributed by atoms with Crippen molar-refractivity contribution in [3.05, 3.63) is 66.0 Å². The Balaban J connectivity index is 2.08. The number of rotatable bonds is 8. The number of carboxylic acids is 1. The molecule has 5 nitrogen and oxygen atoms in total. The van der Waals surface area contributed by atoms with Gasteiger partial charge in [-0.1, -0.05) is 43.3 Å². The Hall–Kier alpha value is -2.89. The fourth-order valence-corrected chi connectivity index (χ4v) is 2.72. The molecule has 138 valence electrons. The van der Waals surface area contributed by atoms with Gasteiger partial charge in [-0.3, -0.25) is 9.59 Å². The number of nitrogens with one attached hydrogen (secondary N) is 1. The second-order valence-electron chi connectivity index (χ2n) is 6.04. The molecule has 2 rings (SSSR count). The third kappa shape index (κ3) is 4.39. The number of carbonyl (C=O) groups excluding carboxylic acids is 1. The molecule has 0 saturated heterocycles. The topological polar surface area (TPSA) is 75.6 Å². The lowest BCUT2D eigenvalue weighted by Crippen LogP contribution is -2.48. The molecule has 2 N–H and O–H groups in total. The van der Waals surface area contributed by atoms with Gasteiger partial charge in [0.1, 0.15) is 17.0 Å². The fraction of sp³-hybridized carbons (Fsp3) is 0.300. The van der Waals surface area contributed by atoms with E-state index in [9.17, 15) is 19.1 Å². The van der Waals surface area contributed by atoms with E-state index in [-0.39, 0.29) is 12.3 Å². The van der Waals surface area contributed by atoms with Gasteiger partial charge in [0.15, 0.2) is 6.10 Å². The SMILES string of the molecule is CCC(CNC(=O)C(C)Oc1cccc(F)c1)(C(=O)O)c1ccccc1. The van der Waals surface area contributed by atoms with Crippen LogP contribution in [0.25, 0.3) is 0 Å². The number of ether oxygens (including phenoxy) is 1. The summed E-state index contributed by atoms with van der Waals surface area (Å²) in [6, 6.07) is 14.3. The minimum atomic E-state index is -1.23. The average Bonchev–Trinajstić information content (AvgIpc) is 2.63. The molecule has 0 aromatic heterocycles. The van der Waals surface area contributed by atoms with E-state index in [1.54, 1.807) is 43.3 Å². The Morgan fingerprint density at radius 3 is 2.46 bits per heavy atom. The van der Waals surface area contributed by atoms with E-state index in [0.29, 0.717) is 12.0 Å². The zero-order valence-corrected chi connectivity index (χ0v) is 14.7. The summed E-state index contributed by atoms with van der Waals surface area (Å²) >= 11 is 0. The number of amides is 1. The molecule has 0 aliphatic heterocycles. The van der Waals surface area contributed by atoms with E-state index in [1.165, 1.54) is 25.1 Å². The van der Waals surface area contributed by atoms with Gasteiger partial charge in [0.25, 0.3) is 5.91 Å². The average molecular weight is 359 g/mol. The van der Waals surface area contributed by atoms with Crippen LogP contribution in [0, 0.1) is 5.82 Å². The maximum Gasteiger partial charge on any atom is 0.315 e. The molecule has 2 aromatic carbocycles. The predicted octanol–water partition coefficient (Wildman–Crippen LogP) is 3.14. The van der Waals surface area contributed by atoms with Gasteiger partial charge in [-0.2, -0.15) is 0 Å². The number of halogens is 1. The lowest BCUT2D eigenvalue weighted by atomic mass is 9.78. The molecule has 6 heteroatoms. The van der Waals surface area contributed by atoms with Crippen LogP contribution in [0.3, 0.4) is 0 Å². The summed E-state index contributed by atoms with van der Waals surface area (Å²) in [6.07, 6.45) is -0.581. The number of hydrogen-bond donors (Lipinski definition) is 2. The molecule has 2 unspecified atom stereocenters. The summed E-state index contributed by atoms with van der Waals surface area (Å²) < 4.78 is 18.6. The Labute approximate surface area is 151 Å². The molecular weight excluding hydrogens is 337 g/mol. The van der Waals surface area contributed by atoms with E-state index in [1.807, 2.05) is 0 Å². The molecule has 0 aliphatic carbocycles. The van der Waals surface area contributed by atoms with Gasteiger partial charge in [0.2, 0.25) is 0 Å². The van der Waals surface area contributed by atoms with Crippen LogP contribution in [0.15, 0.2) is 54.6 Å². The maximum absolute atomic E-state index is 13.2. The van der Waals surface area contributed by atoms with E-state index >= 15 is 0 Å². The van der Waals surface area contributed by atoms with Crippen molar-refractivity contribution in [2.24, 2.45) is 0 Å². The molecule has 2 aromatic rings. The van der Waals surface area contributed by atoms with Crippen LogP contribution in [0.4, 0.5) is 4.39 Å². The highest BCUT2D eigenvalue weighted by Gasteiger charge is 2.39. The number of benzene rings is 2. The van der Waals surface area contributed by atoms with Crippen LogP contribution in [0.5, 0.6) is 5.75 Å². The van der Waals surface area contributed by atoms with E-state index in [4.69, 9.17) is 4.74 Å². The molecule has 2 atom stereocenters. The lowest BCUT2D eigenvalue weighted by molar-refractivity contribution is -0.144. The smallest absolute Gasteiger partial charge is 0.315 e. The van der Waals surface area contributed by atoms with Crippen molar-refractivity contribution in [2.75, 3.05) is 6.54 Å². The third-order valence-electron chi connectivity index (χ3n) is 4.38. The van der Waals surface area contributed by atoms with E-state index in [0.717, 1.165) is 0 Å². The highest BCUT2D eigenvalue weighted by molar-refractivity contribution is 5.85. The zero-order chi connectivity index (χ0) is 19.2. The van der Waals surface area contributed by atoms with Crippen molar-refractivity contribution in [1.82, 2.24) is 5.32 Å². The van der Waals surface area contributed by atoms with Crippen molar-refractivity contribution in [3.63, 3.8) is 0 Å². The summed E-state index contributed by atoms with van der Waals surface area (Å²) in [6.45, 7) is 3.22. The molecule has 0 fully saturated rings. The van der Waals surface area contributed by atoms with Gasteiger partial charge in [0, 0.05) is 12.6 Å². The summed E-state index contributed by atoms with van der Waals surface area (Å²) in [5.74, 6) is -1.71. The van der Waals surface area contributed by atoms with Gasteiger partial charge in [-0.25, -0.2) is 4.39 Å². The molecule has 0 aliphatic rings. The maximum atomic E-state index is 13.2. The first kappa shape index (κ1) is 19.4. The van der Waals surface area contributed by atoms with Crippen LogP contribution >= 0.6 is 0 Å². The Bertz CT molecular complexity index is 765. The minimum absolute atomic E-state index is 0.0709. The van der Waals surface area contributed by atoms with E-state index < -0.39 is 29.2 Å². The van der Waals surface area contributed by atoms with Gasteiger partial charge < -0.3 is 15.2 Å². The summed E-state index contributed by atoms with van der Waals surface area (Å²) in [7, 11) is 0. The monoisotopic (exact) mass is 359 g/mol. The Kier molecular flexibility index (Phi) is 6.33. The summed E-state index contributed by atoms with van der Waals surface area (Å²) in [5.41, 5.74) is -0.607. The molecule has 0 saturated carbocycles. The fourth-order valence-electron chi connectivity index (χ4n) is 2.72. The summed E-state index contributed by atoms with van der Waals surface area (Å²) in [5, 5.41) is 12.4. The van der Waals surface area contributed by atoms with Gasteiger partial charge in [0.05, 0.1) is 0 Å². The molecule has 1 amide bonds. The minimum Gasteiger partial charge on any atom is -0.481 e. The molecule has 0 heterocycles. The molecular formula is C20H22FNO4. The highest BCUT2D eigenvalue weighted by atomic mass is 19.1. The predicted molar refractivity (Wildman–Crippen MR) is 95.5 cm³/mol. The van der Waals surface area contributed by atoms with Crippen LogP contribution < -0.4 is 10.1 Å². The molecule has 0 bridgehead atoms. The summed E-state index contributed by atoms with van der Waals surface area (Å²) in [4.78, 5) is 24.3. The Morgan fingerprint density at radius 2 is 1.88 bits per heavy atom. The Morgan fingerprint density at radius 1 is 1.19 bits per heavy atom. The number of carboxylic acid groups (broad SMARTS) is 1. The first-order chi connectivity index (χ1) is 12.4. The second-order valence-corrected chi connectivity index (χ2v) is 6.04. The van der Waals surface area contributed by atoms with Crippen molar-refractivity contribution in [2.45, 2.75) is 31.8 Å². The van der Waals surface area contributed by atoms with Crippen molar-refractivity contribution in [3.8, 4) is 5.75 Å². The van der Waals surface area contributed by atoms with Crippen molar-refractivity contribution < 1.29 is 23.8 Å². The first-order valence-electron chi connectivity index (χ1n) is 8.38. The van der Waals surface area contributed by atoms with Crippen LogP contribution in [0.2, 0.25) is 0 Å². The van der Waals surface area contributed by atoms with Crippen LogP contribution in [-0.2, 0) is 15.0 Å². The normalized spacial score (nSPS) is 14.1. The van der Waals surface area contributed by atoms with Crippen LogP contribution in [-0.4, -0.2) is 29.6 Å². The van der Waals surface area contributed by atoms with Gasteiger partial charge in [-0.05, 0) is 31.0 Å². The number of hydrogen-bond acceptors (Lipinski definition) is 3. The van der Waals surface area contributed by atoms with Gasteiger partial charge in [-0.15, -0.1) is 0 Å². The third-order valence-corrected chi connectivity index (χ3v) is 4.38. The quantitative estimate of drug-likeness (QED) is 0.759. The number of aliphatic carboxylic acids is 1. The number of carbonyl (C=O) groups is 2. The van der Waals surface area contributed by atoms with Gasteiger partial charge >= 0.3 is 5.97 Å². The molecule has 26 heavy (non-hydrogen) atoms. The largest absolute Gasteiger partial charge is 0.481 e. The molecule has 0 radical (unpaired) electrons. The van der Waals surface area contributed by atoms with E-state index in [2.05, 4.69) is 5.32 Å². The molecule has 0 spiro atoms. The lowest BCUT2D eigenvalue weighted by Gasteiger charge is -2.29. The highest BCUT2D eigenvalue weighted by Crippen LogP contribution is 2.28. The second kappa shape index (κ2) is 8.47. The van der Waals surface area contributed by atoms with Crippen LogP contribution in [0.1, 0.15) is 25.8 Å². The standard InChI is InChI=1S/C20H22FNO4/c1-3-20(19(24)25,15-8-5-4-6-9-15)13-22-18(23)14(2)26-17-11-7-10-16(21)12-17/h4-12,14H,3,13H2,1-2H3,(H,22,23)(H,24,25). The first-order valence-corrected chi connectivity index (χ1v) is 8.38.